The summed E-state index contributed by atoms with van der Waals surface area (Å²) in [6.07, 6.45) is 0.969. The molecule has 1 aromatic rings. The van der Waals surface area contributed by atoms with Gasteiger partial charge in [0.05, 0.1) is 11.7 Å². The van der Waals surface area contributed by atoms with Crippen LogP contribution in [0.25, 0.3) is 0 Å². The minimum Gasteiger partial charge on any atom is -0.393 e. The zero-order valence-corrected chi connectivity index (χ0v) is 10.8. The van der Waals surface area contributed by atoms with Gasteiger partial charge >= 0.3 is 0 Å². The molecule has 0 aliphatic heterocycles. The molecule has 0 saturated carbocycles. The van der Waals surface area contributed by atoms with Crippen molar-refractivity contribution in [2.45, 2.75) is 25.9 Å². The first-order valence-electron chi connectivity index (χ1n) is 5.36. The fraction of sp³-hybridized carbons (Fsp3) is 0.417. The van der Waals surface area contributed by atoms with Gasteiger partial charge < -0.3 is 10.4 Å². The van der Waals surface area contributed by atoms with Crippen LogP contribution in [0.15, 0.2) is 28.7 Å². The van der Waals surface area contributed by atoms with Crippen LogP contribution in [0.5, 0.6) is 0 Å². The Hall–Kier alpha value is -0.870. The largest absolute Gasteiger partial charge is 0.393 e. The van der Waals surface area contributed by atoms with Crippen LogP contribution in [0.4, 0.5) is 0 Å². The molecule has 0 radical (unpaired) electrons. The molecule has 0 saturated heterocycles. The Morgan fingerprint density at radius 2 is 2.19 bits per heavy atom. The number of nitrogens with one attached hydrogen (secondary N) is 1. The van der Waals surface area contributed by atoms with Crippen LogP contribution in [-0.2, 0) is 0 Å². The highest BCUT2D eigenvalue weighted by Gasteiger charge is 2.08. The van der Waals surface area contributed by atoms with Crippen LogP contribution >= 0.6 is 15.9 Å². The smallest absolute Gasteiger partial charge is 0.252 e. The van der Waals surface area contributed by atoms with Crippen molar-refractivity contribution in [2.24, 2.45) is 0 Å². The lowest BCUT2D eigenvalue weighted by atomic mass is 10.2. The Balaban J connectivity index is 2.44. The normalized spacial score (nSPS) is 12.2. The van der Waals surface area contributed by atoms with E-state index in [1.807, 2.05) is 25.1 Å². The third-order valence-corrected chi connectivity index (χ3v) is 3.04. The van der Waals surface area contributed by atoms with E-state index in [2.05, 4.69) is 21.2 Å². The maximum Gasteiger partial charge on any atom is 0.252 e. The molecule has 1 aromatic carbocycles. The molecule has 0 aromatic heterocycles. The summed E-state index contributed by atoms with van der Waals surface area (Å²) in [7, 11) is 0. The summed E-state index contributed by atoms with van der Waals surface area (Å²) in [6.45, 7) is 2.41. The topological polar surface area (TPSA) is 49.3 Å². The molecule has 4 heteroatoms. The molecule has 0 bridgehead atoms. The van der Waals surface area contributed by atoms with Crippen LogP contribution < -0.4 is 5.32 Å². The van der Waals surface area contributed by atoms with Crippen molar-refractivity contribution in [3.63, 3.8) is 0 Å². The summed E-state index contributed by atoms with van der Waals surface area (Å²) >= 11 is 3.32. The van der Waals surface area contributed by atoms with Gasteiger partial charge in [-0.1, -0.05) is 19.1 Å². The third kappa shape index (κ3) is 3.94. The summed E-state index contributed by atoms with van der Waals surface area (Å²) < 4.78 is 0.781. The number of hydrogen-bond acceptors (Lipinski definition) is 2. The number of carbonyl (C=O) groups excluding carboxylic acids is 1. The fourth-order valence-corrected chi connectivity index (χ4v) is 1.76. The lowest BCUT2D eigenvalue weighted by Gasteiger charge is -2.09. The predicted molar refractivity (Wildman–Crippen MR) is 67.4 cm³/mol. The molecule has 1 rings (SSSR count). The summed E-state index contributed by atoms with van der Waals surface area (Å²) in [5, 5.41) is 12.1. The molecule has 1 atom stereocenters. The van der Waals surface area contributed by atoms with Gasteiger partial charge in [0.15, 0.2) is 0 Å². The van der Waals surface area contributed by atoms with Crippen molar-refractivity contribution in [3.8, 4) is 0 Å². The van der Waals surface area contributed by atoms with Crippen molar-refractivity contribution in [2.75, 3.05) is 6.54 Å². The van der Waals surface area contributed by atoms with Gasteiger partial charge in [0.1, 0.15) is 0 Å². The molecular formula is C12H16BrNO2. The number of amides is 1. The highest BCUT2D eigenvalue weighted by Crippen LogP contribution is 2.15. The number of halogens is 1. The number of aliphatic hydroxyl groups excluding tert-OH is 1. The Bertz CT molecular complexity index is 355. The lowest BCUT2D eigenvalue weighted by Crippen LogP contribution is -2.27. The second kappa shape index (κ2) is 6.66. The number of aliphatic hydroxyl groups is 1. The summed E-state index contributed by atoms with van der Waals surface area (Å²) in [6, 6.07) is 7.27. The van der Waals surface area contributed by atoms with Gasteiger partial charge in [-0.3, -0.25) is 4.79 Å². The zero-order chi connectivity index (χ0) is 12.0. The Kier molecular flexibility index (Phi) is 5.49. The first-order chi connectivity index (χ1) is 7.65. The SMILES string of the molecule is CCC(O)CCNC(=O)c1ccccc1Br. The van der Waals surface area contributed by atoms with E-state index in [1.165, 1.54) is 0 Å². The van der Waals surface area contributed by atoms with Crippen molar-refractivity contribution in [3.05, 3.63) is 34.3 Å². The van der Waals surface area contributed by atoms with Gasteiger partial charge in [-0.05, 0) is 40.9 Å². The van der Waals surface area contributed by atoms with Crippen LogP contribution in [0.3, 0.4) is 0 Å². The lowest BCUT2D eigenvalue weighted by molar-refractivity contribution is 0.0941. The quantitative estimate of drug-likeness (QED) is 0.873. The molecule has 3 nitrogen and oxygen atoms in total. The molecule has 0 aliphatic rings. The maximum atomic E-state index is 11.7. The van der Waals surface area contributed by atoms with Crippen LogP contribution in [0.1, 0.15) is 30.1 Å². The van der Waals surface area contributed by atoms with Crippen LogP contribution in [-0.4, -0.2) is 23.7 Å². The van der Waals surface area contributed by atoms with E-state index < -0.39 is 0 Å². The van der Waals surface area contributed by atoms with E-state index in [0.29, 0.717) is 24.9 Å². The first kappa shape index (κ1) is 13.2. The average Bonchev–Trinajstić information content (AvgIpc) is 2.29. The number of carbonyl (C=O) groups is 1. The first-order valence-corrected chi connectivity index (χ1v) is 6.15. The zero-order valence-electron chi connectivity index (χ0n) is 9.24. The molecule has 0 heterocycles. The van der Waals surface area contributed by atoms with Crippen LogP contribution in [0, 0.1) is 0 Å². The van der Waals surface area contributed by atoms with E-state index in [0.717, 1.165) is 4.47 Å². The Labute approximate surface area is 104 Å². The Morgan fingerprint density at radius 3 is 2.81 bits per heavy atom. The number of benzene rings is 1. The highest BCUT2D eigenvalue weighted by molar-refractivity contribution is 9.10. The van der Waals surface area contributed by atoms with Gasteiger partial charge in [-0.15, -0.1) is 0 Å². The monoisotopic (exact) mass is 285 g/mol. The number of rotatable bonds is 5. The number of hydrogen-bond donors (Lipinski definition) is 2. The van der Waals surface area contributed by atoms with Crippen molar-refractivity contribution >= 4 is 21.8 Å². The van der Waals surface area contributed by atoms with E-state index in [-0.39, 0.29) is 12.0 Å². The standard InChI is InChI=1S/C12H16BrNO2/c1-2-9(15)7-8-14-12(16)10-5-3-4-6-11(10)13/h3-6,9,15H,2,7-8H2,1H3,(H,14,16). The van der Waals surface area contributed by atoms with Gasteiger partial charge in [-0.2, -0.15) is 0 Å². The maximum absolute atomic E-state index is 11.7. The molecular weight excluding hydrogens is 270 g/mol. The van der Waals surface area contributed by atoms with Gasteiger partial charge in [-0.25, -0.2) is 0 Å². The molecule has 0 aliphatic carbocycles. The Morgan fingerprint density at radius 1 is 1.50 bits per heavy atom. The van der Waals surface area contributed by atoms with Crippen molar-refractivity contribution < 1.29 is 9.90 Å². The molecule has 88 valence electrons. The third-order valence-electron chi connectivity index (χ3n) is 2.35. The summed E-state index contributed by atoms with van der Waals surface area (Å²) in [4.78, 5) is 11.7. The van der Waals surface area contributed by atoms with Gasteiger partial charge in [0.2, 0.25) is 0 Å². The molecule has 1 unspecified atom stereocenters. The van der Waals surface area contributed by atoms with Crippen LogP contribution in [0.2, 0.25) is 0 Å². The minimum absolute atomic E-state index is 0.115. The molecule has 16 heavy (non-hydrogen) atoms. The van der Waals surface area contributed by atoms with E-state index in [1.54, 1.807) is 6.07 Å². The summed E-state index contributed by atoms with van der Waals surface area (Å²) in [5.41, 5.74) is 0.619. The second-order valence-corrected chi connectivity index (χ2v) is 4.44. The fourth-order valence-electron chi connectivity index (χ4n) is 1.30. The molecule has 1 amide bonds. The van der Waals surface area contributed by atoms with Gasteiger partial charge in [0.25, 0.3) is 5.91 Å². The average molecular weight is 286 g/mol. The highest BCUT2D eigenvalue weighted by atomic mass is 79.9. The molecule has 0 spiro atoms. The van der Waals surface area contributed by atoms with Crippen molar-refractivity contribution in [1.29, 1.82) is 0 Å². The second-order valence-electron chi connectivity index (χ2n) is 3.59. The molecule has 0 fully saturated rings. The van der Waals surface area contributed by atoms with E-state index >= 15 is 0 Å². The van der Waals surface area contributed by atoms with Crippen molar-refractivity contribution in [1.82, 2.24) is 5.32 Å². The minimum atomic E-state index is -0.334. The molecule has 2 N–H and O–H groups in total. The summed E-state index contributed by atoms with van der Waals surface area (Å²) in [5.74, 6) is -0.115. The van der Waals surface area contributed by atoms with E-state index in [4.69, 9.17) is 0 Å². The van der Waals surface area contributed by atoms with E-state index in [9.17, 15) is 9.90 Å². The van der Waals surface area contributed by atoms with Gasteiger partial charge in [0, 0.05) is 11.0 Å². The predicted octanol–water partition coefficient (Wildman–Crippen LogP) is 2.34.